The Bertz CT molecular complexity index is 316. The first-order valence-electron chi connectivity index (χ1n) is 5.28. The molecule has 0 bridgehead atoms. The van der Waals surface area contributed by atoms with Crippen molar-refractivity contribution in [1.82, 2.24) is 4.98 Å². The van der Waals surface area contributed by atoms with E-state index in [1.807, 2.05) is 13.1 Å². The maximum absolute atomic E-state index is 5.36. The summed E-state index contributed by atoms with van der Waals surface area (Å²) in [4.78, 5) is 4.37. The maximum atomic E-state index is 5.36. The largest absolute Gasteiger partial charge is 0.381 e. The fourth-order valence-corrected chi connectivity index (χ4v) is 2.14. The smallest absolute Gasteiger partial charge is 0.0471 e. The number of aryl methyl sites for hydroxylation is 2. The van der Waals surface area contributed by atoms with E-state index in [0.717, 1.165) is 31.7 Å². The van der Waals surface area contributed by atoms with Crippen LogP contribution in [0.1, 0.15) is 35.6 Å². The lowest BCUT2D eigenvalue weighted by atomic mass is 9.90. The molecule has 0 unspecified atom stereocenters. The standard InChI is InChI=1S/C12H17NO/c1-9-7-10(2)13-8-12(9)11-3-5-14-6-4-11/h7-8,11H,3-6H2,1-2H3. The highest BCUT2D eigenvalue weighted by atomic mass is 16.5. The zero-order valence-electron chi connectivity index (χ0n) is 8.92. The summed E-state index contributed by atoms with van der Waals surface area (Å²) < 4.78 is 5.36. The molecular formula is C12H17NO. The molecule has 76 valence electrons. The molecule has 0 spiro atoms. The number of aromatic nitrogens is 1. The SMILES string of the molecule is Cc1cc(C)c(C2CCOCC2)cn1. The molecule has 14 heavy (non-hydrogen) atoms. The molecule has 2 heteroatoms. The first-order valence-corrected chi connectivity index (χ1v) is 5.28. The minimum Gasteiger partial charge on any atom is -0.381 e. The summed E-state index contributed by atoms with van der Waals surface area (Å²) in [5.74, 6) is 0.664. The molecule has 0 atom stereocenters. The van der Waals surface area contributed by atoms with Gasteiger partial charge in [0.15, 0.2) is 0 Å². The number of rotatable bonds is 1. The van der Waals surface area contributed by atoms with Gasteiger partial charge in [-0.25, -0.2) is 0 Å². The monoisotopic (exact) mass is 191 g/mol. The summed E-state index contributed by atoms with van der Waals surface area (Å²) in [5, 5.41) is 0. The Labute approximate surface area is 85.3 Å². The van der Waals surface area contributed by atoms with Crippen molar-refractivity contribution in [3.05, 3.63) is 29.1 Å². The summed E-state index contributed by atoms with van der Waals surface area (Å²) in [6.07, 6.45) is 4.33. The first-order chi connectivity index (χ1) is 6.77. The molecule has 1 saturated heterocycles. The van der Waals surface area contributed by atoms with Crippen LogP contribution in [0.4, 0.5) is 0 Å². The lowest BCUT2D eigenvalue weighted by molar-refractivity contribution is 0.0851. The maximum Gasteiger partial charge on any atom is 0.0471 e. The molecule has 0 N–H and O–H groups in total. The molecule has 2 nitrogen and oxygen atoms in total. The number of hydrogen-bond donors (Lipinski definition) is 0. The normalized spacial score (nSPS) is 18.4. The summed E-state index contributed by atoms with van der Waals surface area (Å²) in [6.45, 7) is 6.02. The molecule has 0 amide bonds. The molecule has 0 aromatic carbocycles. The molecular weight excluding hydrogens is 174 g/mol. The van der Waals surface area contributed by atoms with Crippen LogP contribution in [-0.2, 0) is 4.74 Å². The topological polar surface area (TPSA) is 22.1 Å². The van der Waals surface area contributed by atoms with Gasteiger partial charge in [0.05, 0.1) is 0 Å². The third-order valence-electron chi connectivity index (χ3n) is 2.95. The van der Waals surface area contributed by atoms with Crippen molar-refractivity contribution in [1.29, 1.82) is 0 Å². The average molecular weight is 191 g/mol. The van der Waals surface area contributed by atoms with Crippen LogP contribution >= 0.6 is 0 Å². The van der Waals surface area contributed by atoms with E-state index in [9.17, 15) is 0 Å². The Morgan fingerprint density at radius 2 is 2.00 bits per heavy atom. The van der Waals surface area contributed by atoms with Crippen LogP contribution in [0.15, 0.2) is 12.3 Å². The number of hydrogen-bond acceptors (Lipinski definition) is 2. The first kappa shape index (κ1) is 9.66. The highest BCUT2D eigenvalue weighted by Crippen LogP contribution is 2.28. The van der Waals surface area contributed by atoms with Gasteiger partial charge in [0.25, 0.3) is 0 Å². The van der Waals surface area contributed by atoms with Crippen LogP contribution in [0.2, 0.25) is 0 Å². The van der Waals surface area contributed by atoms with Gasteiger partial charge in [-0.2, -0.15) is 0 Å². The van der Waals surface area contributed by atoms with E-state index in [1.165, 1.54) is 11.1 Å². The van der Waals surface area contributed by atoms with Crippen molar-refractivity contribution in [3.63, 3.8) is 0 Å². The molecule has 1 aliphatic rings. The van der Waals surface area contributed by atoms with E-state index >= 15 is 0 Å². The van der Waals surface area contributed by atoms with Crippen LogP contribution in [-0.4, -0.2) is 18.2 Å². The van der Waals surface area contributed by atoms with E-state index < -0.39 is 0 Å². The zero-order valence-corrected chi connectivity index (χ0v) is 8.92. The Hall–Kier alpha value is -0.890. The van der Waals surface area contributed by atoms with Crippen LogP contribution < -0.4 is 0 Å². The van der Waals surface area contributed by atoms with Crippen molar-refractivity contribution >= 4 is 0 Å². The predicted molar refractivity (Wildman–Crippen MR) is 56.5 cm³/mol. The van der Waals surface area contributed by atoms with E-state index in [-0.39, 0.29) is 0 Å². The van der Waals surface area contributed by atoms with Crippen molar-refractivity contribution < 1.29 is 4.74 Å². The number of pyridine rings is 1. The van der Waals surface area contributed by atoms with Crippen molar-refractivity contribution in [3.8, 4) is 0 Å². The van der Waals surface area contributed by atoms with Gasteiger partial charge in [0, 0.05) is 25.1 Å². The highest BCUT2D eigenvalue weighted by Gasteiger charge is 2.17. The summed E-state index contributed by atoms with van der Waals surface area (Å²) in [5.41, 5.74) is 3.90. The predicted octanol–water partition coefficient (Wildman–Crippen LogP) is 2.59. The van der Waals surface area contributed by atoms with Gasteiger partial charge in [-0.05, 0) is 49.8 Å². The van der Waals surface area contributed by atoms with Gasteiger partial charge in [0.1, 0.15) is 0 Å². The van der Waals surface area contributed by atoms with Crippen LogP contribution in [0, 0.1) is 13.8 Å². The van der Waals surface area contributed by atoms with E-state index in [2.05, 4.69) is 18.0 Å². The van der Waals surface area contributed by atoms with E-state index in [1.54, 1.807) is 0 Å². The fourth-order valence-electron chi connectivity index (χ4n) is 2.14. The fraction of sp³-hybridized carbons (Fsp3) is 0.583. The Morgan fingerprint density at radius 1 is 1.29 bits per heavy atom. The molecule has 1 aliphatic heterocycles. The van der Waals surface area contributed by atoms with Gasteiger partial charge in [-0.3, -0.25) is 4.98 Å². The lowest BCUT2D eigenvalue weighted by Crippen LogP contribution is -2.15. The third kappa shape index (κ3) is 1.95. The highest BCUT2D eigenvalue weighted by molar-refractivity contribution is 5.28. The van der Waals surface area contributed by atoms with E-state index in [0.29, 0.717) is 5.92 Å². The second-order valence-electron chi connectivity index (χ2n) is 4.07. The molecule has 2 heterocycles. The Balaban J connectivity index is 2.22. The molecule has 1 aromatic heterocycles. The third-order valence-corrected chi connectivity index (χ3v) is 2.95. The number of nitrogens with zero attached hydrogens (tertiary/aromatic N) is 1. The minimum atomic E-state index is 0.664. The Morgan fingerprint density at radius 3 is 2.64 bits per heavy atom. The summed E-state index contributed by atoms with van der Waals surface area (Å²) in [7, 11) is 0. The van der Waals surface area contributed by atoms with Crippen molar-refractivity contribution in [2.24, 2.45) is 0 Å². The molecule has 1 aromatic rings. The van der Waals surface area contributed by atoms with E-state index in [4.69, 9.17) is 4.74 Å². The second kappa shape index (κ2) is 4.09. The van der Waals surface area contributed by atoms with Crippen molar-refractivity contribution in [2.75, 3.05) is 13.2 Å². The van der Waals surface area contributed by atoms with Crippen molar-refractivity contribution in [2.45, 2.75) is 32.6 Å². The number of ether oxygens (including phenoxy) is 1. The van der Waals surface area contributed by atoms with Crippen LogP contribution in [0.3, 0.4) is 0 Å². The van der Waals surface area contributed by atoms with Gasteiger partial charge in [-0.15, -0.1) is 0 Å². The zero-order chi connectivity index (χ0) is 9.97. The summed E-state index contributed by atoms with van der Waals surface area (Å²) >= 11 is 0. The molecule has 2 rings (SSSR count). The molecule has 1 fully saturated rings. The van der Waals surface area contributed by atoms with Gasteiger partial charge < -0.3 is 4.74 Å². The second-order valence-corrected chi connectivity index (χ2v) is 4.07. The Kier molecular flexibility index (Phi) is 2.82. The average Bonchev–Trinajstić information content (AvgIpc) is 2.19. The minimum absolute atomic E-state index is 0.664. The van der Waals surface area contributed by atoms with Gasteiger partial charge in [-0.1, -0.05) is 0 Å². The molecule has 0 radical (unpaired) electrons. The lowest BCUT2D eigenvalue weighted by Gasteiger charge is -2.23. The quantitative estimate of drug-likeness (QED) is 0.680. The van der Waals surface area contributed by atoms with Gasteiger partial charge >= 0.3 is 0 Å². The summed E-state index contributed by atoms with van der Waals surface area (Å²) in [6, 6.07) is 2.17. The van der Waals surface area contributed by atoms with Crippen LogP contribution in [0.25, 0.3) is 0 Å². The van der Waals surface area contributed by atoms with Crippen LogP contribution in [0.5, 0.6) is 0 Å². The molecule has 0 aliphatic carbocycles. The molecule has 0 saturated carbocycles. The van der Waals surface area contributed by atoms with Gasteiger partial charge in [0.2, 0.25) is 0 Å².